The lowest BCUT2D eigenvalue weighted by atomic mass is 10.0. The number of nitrogens with zero attached hydrogens (tertiary/aromatic N) is 3. The summed E-state index contributed by atoms with van der Waals surface area (Å²) in [5, 5.41) is 9.98. The first kappa shape index (κ1) is 12.0. The Labute approximate surface area is 114 Å². The predicted molar refractivity (Wildman–Crippen MR) is 74.1 cm³/mol. The summed E-state index contributed by atoms with van der Waals surface area (Å²) in [4.78, 5) is 16.8. The molecule has 0 amide bonds. The fourth-order valence-electron chi connectivity index (χ4n) is 2.20. The van der Waals surface area contributed by atoms with E-state index in [2.05, 4.69) is 4.98 Å². The van der Waals surface area contributed by atoms with Gasteiger partial charge in [0.05, 0.1) is 5.69 Å². The van der Waals surface area contributed by atoms with Crippen LogP contribution in [0.5, 0.6) is 0 Å². The summed E-state index contributed by atoms with van der Waals surface area (Å²) < 4.78 is 1.59. The van der Waals surface area contributed by atoms with Gasteiger partial charge in [-0.25, -0.2) is 4.98 Å². The minimum atomic E-state index is -0.226. The maximum Gasteiger partial charge on any atom is 0.272 e. The molecule has 0 saturated heterocycles. The Morgan fingerprint density at radius 1 is 1.42 bits per heavy atom. The molecule has 0 N–H and O–H groups in total. The molecule has 0 aliphatic carbocycles. The van der Waals surface area contributed by atoms with Crippen molar-refractivity contribution in [2.24, 2.45) is 0 Å². The van der Waals surface area contributed by atoms with Crippen LogP contribution in [0.1, 0.15) is 11.1 Å². The summed E-state index contributed by atoms with van der Waals surface area (Å²) in [5.74, 6) is 0.838. The van der Waals surface area contributed by atoms with Crippen LogP contribution < -0.4 is 5.56 Å². The van der Waals surface area contributed by atoms with E-state index in [4.69, 9.17) is 0 Å². The van der Waals surface area contributed by atoms with E-state index in [-0.39, 0.29) is 11.1 Å². The van der Waals surface area contributed by atoms with Gasteiger partial charge in [-0.05, 0) is 12.5 Å². The molecular weight excluding hydrogens is 258 g/mol. The first-order chi connectivity index (χ1) is 9.22. The molecule has 1 aromatic carbocycles. The number of aromatic nitrogens is 2. The molecule has 2 aromatic rings. The Morgan fingerprint density at radius 3 is 2.95 bits per heavy atom. The number of hydrogen-bond acceptors (Lipinski definition) is 4. The average Bonchev–Trinajstić information content (AvgIpc) is 2.88. The van der Waals surface area contributed by atoms with Crippen molar-refractivity contribution in [3.63, 3.8) is 0 Å². The molecule has 0 unspecified atom stereocenters. The molecule has 1 aliphatic rings. The molecule has 3 rings (SSSR count). The number of aryl methyl sites for hydroxylation is 1. The van der Waals surface area contributed by atoms with Gasteiger partial charge in [-0.15, -0.1) is 0 Å². The second kappa shape index (κ2) is 4.56. The highest BCUT2D eigenvalue weighted by molar-refractivity contribution is 7.99. The van der Waals surface area contributed by atoms with Gasteiger partial charge in [0.1, 0.15) is 11.6 Å². The normalized spacial score (nSPS) is 13.1. The largest absolute Gasteiger partial charge is 0.286 e. The predicted octanol–water partition coefficient (Wildman–Crippen LogP) is 2.20. The maximum absolute atomic E-state index is 12.3. The molecule has 0 bridgehead atoms. The lowest BCUT2D eigenvalue weighted by molar-refractivity contribution is 0.655. The number of nitriles is 1. The van der Waals surface area contributed by atoms with Crippen LogP contribution >= 0.6 is 11.8 Å². The van der Waals surface area contributed by atoms with Gasteiger partial charge in [0.25, 0.3) is 5.56 Å². The zero-order valence-electron chi connectivity index (χ0n) is 10.4. The van der Waals surface area contributed by atoms with Gasteiger partial charge in [0.15, 0.2) is 5.16 Å². The highest BCUT2D eigenvalue weighted by Crippen LogP contribution is 2.28. The lowest BCUT2D eigenvalue weighted by Crippen LogP contribution is -2.24. The third-order valence-electron chi connectivity index (χ3n) is 3.19. The molecule has 0 atom stereocenters. The molecule has 19 heavy (non-hydrogen) atoms. The standard InChI is InChI=1S/C14H11N3OS/c1-9-4-2-3-5-10(9)12-11(8-15)13(18)17-6-7-19-14(17)16-12/h2-5H,6-7H2,1H3. The number of fused-ring (bicyclic) bond motifs is 1. The molecule has 5 heteroatoms. The lowest BCUT2D eigenvalue weighted by Gasteiger charge is -2.09. The van der Waals surface area contributed by atoms with Gasteiger partial charge < -0.3 is 0 Å². The quantitative estimate of drug-likeness (QED) is 0.745. The molecular formula is C14H11N3OS. The van der Waals surface area contributed by atoms with Crippen molar-refractivity contribution in [1.29, 1.82) is 5.26 Å². The molecule has 0 radical (unpaired) electrons. The van der Waals surface area contributed by atoms with Crippen LogP contribution in [0.2, 0.25) is 0 Å². The molecule has 1 aromatic heterocycles. The fourth-order valence-corrected chi connectivity index (χ4v) is 3.15. The Balaban J connectivity index is 2.35. The fraction of sp³-hybridized carbons (Fsp3) is 0.214. The summed E-state index contributed by atoms with van der Waals surface area (Å²) in [6.07, 6.45) is 0. The molecule has 4 nitrogen and oxygen atoms in total. The summed E-state index contributed by atoms with van der Waals surface area (Å²) >= 11 is 1.56. The monoisotopic (exact) mass is 269 g/mol. The van der Waals surface area contributed by atoms with E-state index in [1.54, 1.807) is 16.3 Å². The Bertz CT molecular complexity index is 758. The highest BCUT2D eigenvalue weighted by Gasteiger charge is 2.21. The van der Waals surface area contributed by atoms with Gasteiger partial charge in [-0.2, -0.15) is 5.26 Å². The van der Waals surface area contributed by atoms with Crippen LogP contribution in [0.3, 0.4) is 0 Å². The van der Waals surface area contributed by atoms with Crippen LogP contribution in [0, 0.1) is 18.3 Å². The minimum Gasteiger partial charge on any atom is -0.286 e. The van der Waals surface area contributed by atoms with Gasteiger partial charge in [-0.3, -0.25) is 9.36 Å². The van der Waals surface area contributed by atoms with Gasteiger partial charge in [0, 0.05) is 17.9 Å². The second-order valence-electron chi connectivity index (χ2n) is 4.35. The summed E-state index contributed by atoms with van der Waals surface area (Å²) in [5.41, 5.74) is 2.29. The van der Waals surface area contributed by atoms with Crippen molar-refractivity contribution in [3.8, 4) is 17.3 Å². The number of hydrogen-bond donors (Lipinski definition) is 0. The Hall–Kier alpha value is -2.06. The smallest absolute Gasteiger partial charge is 0.272 e. The van der Waals surface area contributed by atoms with Crippen molar-refractivity contribution in [1.82, 2.24) is 9.55 Å². The SMILES string of the molecule is Cc1ccccc1-c1nc2n(c(=O)c1C#N)CCS2. The van der Waals surface area contributed by atoms with E-state index in [0.717, 1.165) is 16.9 Å². The highest BCUT2D eigenvalue weighted by atomic mass is 32.2. The molecule has 1 aliphatic heterocycles. The zero-order valence-corrected chi connectivity index (χ0v) is 11.2. The van der Waals surface area contributed by atoms with Gasteiger partial charge >= 0.3 is 0 Å². The molecule has 94 valence electrons. The third kappa shape index (κ3) is 1.85. The van der Waals surface area contributed by atoms with Gasteiger partial charge in [0.2, 0.25) is 0 Å². The van der Waals surface area contributed by atoms with E-state index in [1.807, 2.05) is 37.3 Å². The third-order valence-corrected chi connectivity index (χ3v) is 4.15. The molecule has 2 heterocycles. The number of benzene rings is 1. The van der Waals surface area contributed by atoms with Crippen molar-refractivity contribution in [2.75, 3.05) is 5.75 Å². The van der Waals surface area contributed by atoms with Crippen molar-refractivity contribution < 1.29 is 0 Å². The first-order valence-corrected chi connectivity index (χ1v) is 6.94. The van der Waals surface area contributed by atoms with Crippen molar-refractivity contribution in [2.45, 2.75) is 18.6 Å². The average molecular weight is 269 g/mol. The summed E-state index contributed by atoms with van der Waals surface area (Å²) in [6, 6.07) is 9.69. The van der Waals surface area contributed by atoms with E-state index in [9.17, 15) is 10.1 Å². The number of thioether (sulfide) groups is 1. The Kier molecular flexibility index (Phi) is 2.88. The maximum atomic E-state index is 12.3. The molecule has 0 fully saturated rings. The van der Waals surface area contributed by atoms with Gasteiger partial charge in [-0.1, -0.05) is 36.0 Å². The van der Waals surface area contributed by atoms with Crippen LogP contribution in [-0.4, -0.2) is 15.3 Å². The topological polar surface area (TPSA) is 58.7 Å². The minimum absolute atomic E-state index is 0.139. The number of rotatable bonds is 1. The summed E-state index contributed by atoms with van der Waals surface area (Å²) in [7, 11) is 0. The van der Waals surface area contributed by atoms with E-state index in [1.165, 1.54) is 0 Å². The summed E-state index contributed by atoms with van der Waals surface area (Å²) in [6.45, 7) is 2.59. The van der Waals surface area contributed by atoms with E-state index in [0.29, 0.717) is 17.4 Å². The van der Waals surface area contributed by atoms with Crippen molar-refractivity contribution in [3.05, 3.63) is 45.7 Å². The second-order valence-corrected chi connectivity index (χ2v) is 5.41. The van der Waals surface area contributed by atoms with E-state index < -0.39 is 0 Å². The molecule has 0 spiro atoms. The van der Waals surface area contributed by atoms with Crippen LogP contribution in [0.4, 0.5) is 0 Å². The first-order valence-electron chi connectivity index (χ1n) is 5.96. The zero-order chi connectivity index (χ0) is 13.4. The van der Waals surface area contributed by atoms with E-state index >= 15 is 0 Å². The molecule has 0 saturated carbocycles. The van der Waals surface area contributed by atoms with Crippen LogP contribution in [-0.2, 0) is 6.54 Å². The van der Waals surface area contributed by atoms with Crippen molar-refractivity contribution >= 4 is 11.8 Å². The Morgan fingerprint density at radius 2 is 2.21 bits per heavy atom. The van der Waals surface area contributed by atoms with Crippen LogP contribution in [0.25, 0.3) is 11.3 Å². The van der Waals surface area contributed by atoms with Crippen LogP contribution in [0.15, 0.2) is 34.2 Å².